The zero-order chi connectivity index (χ0) is 29.2. The van der Waals surface area contributed by atoms with Crippen LogP contribution in [0.2, 0.25) is 0 Å². The molecule has 216 valence electrons. The highest BCUT2D eigenvalue weighted by molar-refractivity contribution is 5.92. The van der Waals surface area contributed by atoms with Gasteiger partial charge in [0.25, 0.3) is 0 Å². The molecule has 0 fully saturated rings. The highest BCUT2D eigenvalue weighted by atomic mass is 16.5. The van der Waals surface area contributed by atoms with Crippen LogP contribution in [0.5, 0.6) is 0 Å². The molecule has 0 spiro atoms. The molecule has 0 radical (unpaired) electrons. The number of urea groups is 1. The molecule has 0 bridgehead atoms. The van der Waals surface area contributed by atoms with Gasteiger partial charge in [-0.05, 0) is 61.2 Å². The first kappa shape index (κ1) is 29.7. The summed E-state index contributed by atoms with van der Waals surface area (Å²) in [4.78, 5) is 36.0. The van der Waals surface area contributed by atoms with Crippen molar-refractivity contribution in [3.63, 3.8) is 0 Å². The minimum absolute atomic E-state index is 0.0227. The third-order valence-corrected chi connectivity index (χ3v) is 7.20. The molecule has 3 amide bonds. The van der Waals surface area contributed by atoms with Gasteiger partial charge in [0.05, 0.1) is 0 Å². The van der Waals surface area contributed by atoms with Crippen molar-refractivity contribution in [3.05, 3.63) is 95.7 Å². The van der Waals surface area contributed by atoms with Gasteiger partial charge in [0, 0.05) is 75.9 Å². The summed E-state index contributed by atoms with van der Waals surface area (Å²) in [6.07, 6.45) is 3.35. The van der Waals surface area contributed by atoms with Crippen molar-refractivity contribution in [1.82, 2.24) is 14.8 Å². The molecule has 8 nitrogen and oxygen atoms in total. The monoisotopic (exact) mass is 555 g/mol. The van der Waals surface area contributed by atoms with E-state index in [9.17, 15) is 9.59 Å². The third-order valence-electron chi connectivity index (χ3n) is 7.20. The number of methoxy groups -OCH3 is 1. The summed E-state index contributed by atoms with van der Waals surface area (Å²) in [7, 11) is 5.65. The largest absolute Gasteiger partial charge is 0.385 e. The summed E-state index contributed by atoms with van der Waals surface area (Å²) >= 11 is 0. The average Bonchev–Trinajstić information content (AvgIpc) is 3.39. The number of carbonyl (C=O) groups is 2. The molecule has 0 aliphatic heterocycles. The normalized spacial score (nSPS) is 10.9. The van der Waals surface area contributed by atoms with E-state index < -0.39 is 0 Å². The van der Waals surface area contributed by atoms with Crippen LogP contribution >= 0.6 is 0 Å². The molecular formula is C33H41N5O3. The first-order chi connectivity index (χ1) is 19.8. The lowest BCUT2D eigenvalue weighted by Gasteiger charge is -2.28. The maximum Gasteiger partial charge on any atom is 0.322 e. The Kier molecular flexibility index (Phi) is 10.4. The number of rotatable bonds is 13. The van der Waals surface area contributed by atoms with Gasteiger partial charge in [-0.25, -0.2) is 4.79 Å². The smallest absolute Gasteiger partial charge is 0.322 e. The molecule has 1 heterocycles. The van der Waals surface area contributed by atoms with Gasteiger partial charge < -0.3 is 29.7 Å². The SMILES string of the molecule is COCCCN(CC(=O)N(CCc1c[nH]c2ccccc12)Cc1ccc(N(C)C)cc1)C(=O)Nc1ccc(C)cc1. The molecule has 0 unspecified atom stereocenters. The number of fused-ring (bicyclic) bond motifs is 1. The summed E-state index contributed by atoms with van der Waals surface area (Å²) in [5.74, 6) is -0.0991. The van der Waals surface area contributed by atoms with Gasteiger partial charge in [-0.15, -0.1) is 0 Å². The van der Waals surface area contributed by atoms with Crippen molar-refractivity contribution in [3.8, 4) is 0 Å². The van der Waals surface area contributed by atoms with E-state index in [-0.39, 0.29) is 18.5 Å². The molecule has 0 atom stereocenters. The molecule has 0 saturated carbocycles. The first-order valence-electron chi connectivity index (χ1n) is 14.0. The molecule has 0 aliphatic carbocycles. The van der Waals surface area contributed by atoms with E-state index in [0.717, 1.165) is 33.3 Å². The minimum Gasteiger partial charge on any atom is -0.385 e. The number of aromatic amines is 1. The fourth-order valence-corrected chi connectivity index (χ4v) is 4.76. The highest BCUT2D eigenvalue weighted by Gasteiger charge is 2.22. The van der Waals surface area contributed by atoms with E-state index in [1.165, 1.54) is 0 Å². The van der Waals surface area contributed by atoms with Crippen molar-refractivity contribution in [2.75, 3.05) is 57.7 Å². The topological polar surface area (TPSA) is 80.9 Å². The number of nitrogens with one attached hydrogen (secondary N) is 2. The maximum absolute atomic E-state index is 13.8. The van der Waals surface area contributed by atoms with Crippen molar-refractivity contribution in [2.24, 2.45) is 0 Å². The number of benzene rings is 3. The Bertz CT molecular complexity index is 1410. The first-order valence-corrected chi connectivity index (χ1v) is 14.0. The van der Waals surface area contributed by atoms with Crippen LogP contribution in [0.4, 0.5) is 16.2 Å². The molecule has 4 aromatic rings. The summed E-state index contributed by atoms with van der Waals surface area (Å²) in [5.41, 5.74) is 6.19. The summed E-state index contributed by atoms with van der Waals surface area (Å²) in [6, 6.07) is 23.8. The van der Waals surface area contributed by atoms with Gasteiger partial charge in [-0.3, -0.25) is 4.79 Å². The fourth-order valence-electron chi connectivity index (χ4n) is 4.76. The van der Waals surface area contributed by atoms with Gasteiger partial charge in [-0.2, -0.15) is 0 Å². The second kappa shape index (κ2) is 14.4. The number of nitrogens with zero attached hydrogens (tertiary/aromatic N) is 3. The number of para-hydroxylation sites is 1. The number of anilines is 2. The van der Waals surface area contributed by atoms with Crippen LogP contribution in [-0.2, 0) is 22.5 Å². The zero-order valence-electron chi connectivity index (χ0n) is 24.5. The van der Waals surface area contributed by atoms with Crippen LogP contribution < -0.4 is 10.2 Å². The number of aromatic nitrogens is 1. The van der Waals surface area contributed by atoms with E-state index in [4.69, 9.17) is 4.74 Å². The van der Waals surface area contributed by atoms with Crippen LogP contribution in [0.25, 0.3) is 10.9 Å². The van der Waals surface area contributed by atoms with Crippen molar-refractivity contribution in [1.29, 1.82) is 0 Å². The Labute approximate surface area is 242 Å². The summed E-state index contributed by atoms with van der Waals surface area (Å²) in [6.45, 7) is 3.88. The number of hydrogen-bond acceptors (Lipinski definition) is 4. The van der Waals surface area contributed by atoms with Crippen LogP contribution in [0.15, 0.2) is 79.0 Å². The van der Waals surface area contributed by atoms with Crippen LogP contribution in [-0.4, -0.2) is 74.2 Å². The molecule has 41 heavy (non-hydrogen) atoms. The number of amides is 3. The molecule has 0 aliphatic rings. The second-order valence-electron chi connectivity index (χ2n) is 10.5. The Balaban J connectivity index is 1.52. The summed E-state index contributed by atoms with van der Waals surface area (Å²) in [5, 5.41) is 4.11. The standard InChI is InChI=1S/C33H41N5O3/c1-25-10-14-28(15-11-25)35-33(40)38(19-7-21-41-4)24-32(39)37(23-26-12-16-29(17-13-26)36(2)3)20-18-27-22-34-31-9-6-5-8-30(27)31/h5-6,8-17,22,34H,7,18-21,23-24H2,1-4H3,(H,35,40). The average molecular weight is 556 g/mol. The van der Waals surface area contributed by atoms with Gasteiger partial charge in [0.2, 0.25) is 5.91 Å². The number of hydrogen-bond donors (Lipinski definition) is 2. The molecular weight excluding hydrogens is 514 g/mol. The fraction of sp³-hybridized carbons (Fsp3) is 0.333. The number of ether oxygens (including phenoxy) is 1. The van der Waals surface area contributed by atoms with Crippen LogP contribution in [0.3, 0.4) is 0 Å². The predicted molar refractivity (Wildman–Crippen MR) is 166 cm³/mol. The lowest BCUT2D eigenvalue weighted by atomic mass is 10.1. The van der Waals surface area contributed by atoms with E-state index in [2.05, 4.69) is 46.7 Å². The third kappa shape index (κ3) is 8.35. The molecule has 8 heteroatoms. The van der Waals surface area contributed by atoms with E-state index in [1.807, 2.05) is 73.4 Å². The van der Waals surface area contributed by atoms with Gasteiger partial charge >= 0.3 is 6.03 Å². The summed E-state index contributed by atoms with van der Waals surface area (Å²) < 4.78 is 5.22. The quantitative estimate of drug-likeness (QED) is 0.208. The lowest BCUT2D eigenvalue weighted by Crippen LogP contribution is -2.45. The van der Waals surface area contributed by atoms with E-state index >= 15 is 0 Å². The van der Waals surface area contributed by atoms with E-state index in [1.54, 1.807) is 12.0 Å². The zero-order valence-corrected chi connectivity index (χ0v) is 24.5. The van der Waals surface area contributed by atoms with E-state index in [0.29, 0.717) is 44.8 Å². The second-order valence-corrected chi connectivity index (χ2v) is 10.5. The highest BCUT2D eigenvalue weighted by Crippen LogP contribution is 2.20. The molecule has 3 aromatic carbocycles. The molecule has 2 N–H and O–H groups in total. The van der Waals surface area contributed by atoms with Gasteiger partial charge in [0.1, 0.15) is 6.54 Å². The predicted octanol–water partition coefficient (Wildman–Crippen LogP) is 5.68. The Hall–Kier alpha value is -4.30. The maximum atomic E-state index is 13.8. The van der Waals surface area contributed by atoms with Crippen molar-refractivity contribution >= 4 is 34.2 Å². The molecule has 1 aromatic heterocycles. The van der Waals surface area contributed by atoms with Crippen LogP contribution in [0, 0.1) is 6.92 Å². The Morgan fingerprint density at radius 3 is 2.34 bits per heavy atom. The number of H-pyrrole nitrogens is 1. The minimum atomic E-state index is -0.301. The van der Waals surface area contributed by atoms with Crippen LogP contribution in [0.1, 0.15) is 23.1 Å². The lowest BCUT2D eigenvalue weighted by molar-refractivity contribution is -0.132. The van der Waals surface area contributed by atoms with Gasteiger partial charge in [-0.1, -0.05) is 48.0 Å². The Morgan fingerprint density at radius 2 is 1.63 bits per heavy atom. The van der Waals surface area contributed by atoms with Crippen molar-refractivity contribution < 1.29 is 14.3 Å². The molecule has 4 rings (SSSR count). The Morgan fingerprint density at radius 1 is 0.902 bits per heavy atom. The van der Waals surface area contributed by atoms with Gasteiger partial charge in [0.15, 0.2) is 0 Å². The number of carbonyl (C=O) groups excluding carboxylic acids is 2. The number of aryl methyl sites for hydroxylation is 1. The van der Waals surface area contributed by atoms with Crippen molar-refractivity contribution in [2.45, 2.75) is 26.3 Å². The molecule has 0 saturated heterocycles.